The van der Waals surface area contributed by atoms with Crippen molar-refractivity contribution in [3.63, 3.8) is 0 Å². The molecule has 0 radical (unpaired) electrons. The monoisotopic (exact) mass is 387 g/mol. The summed E-state index contributed by atoms with van der Waals surface area (Å²) < 4.78 is 77.8. The summed E-state index contributed by atoms with van der Waals surface area (Å²) in [6.45, 7) is 4.68. The van der Waals surface area contributed by atoms with Gasteiger partial charge in [0, 0.05) is 15.7 Å². The molecule has 2 rings (SSSR count). The predicted octanol–water partition coefficient (Wildman–Crippen LogP) is 5.40. The molecule has 5 nitrogen and oxygen atoms in total. The van der Waals surface area contributed by atoms with Gasteiger partial charge in [0.15, 0.2) is 5.52 Å². The molecule has 12 heteroatoms. The van der Waals surface area contributed by atoms with Crippen molar-refractivity contribution in [2.24, 2.45) is 0 Å². The van der Waals surface area contributed by atoms with Gasteiger partial charge in [0.1, 0.15) is 0 Å². The molecule has 1 aromatic heterocycles. The molecule has 0 saturated carbocycles. The van der Waals surface area contributed by atoms with Gasteiger partial charge in [-0.2, -0.15) is 26.3 Å². The van der Waals surface area contributed by atoms with Gasteiger partial charge in [0.2, 0.25) is 5.82 Å². The summed E-state index contributed by atoms with van der Waals surface area (Å²) in [7, 11) is 0. The molecule has 1 N–H and O–H groups in total. The maximum atomic E-state index is 13.3. The number of halogens is 6. The molecular weight excluding hydrogens is 376 g/mol. The number of thioether (sulfide) groups is 1. The average molecular weight is 387 g/mol. The quantitative estimate of drug-likeness (QED) is 0.324. The third kappa shape index (κ3) is 3.99. The molecule has 2 aromatic rings. The van der Waals surface area contributed by atoms with Crippen LogP contribution in [0.2, 0.25) is 0 Å². The zero-order chi connectivity index (χ0) is 19.4. The minimum absolute atomic E-state index is 0.220. The fourth-order valence-electron chi connectivity index (χ4n) is 2.02. The van der Waals surface area contributed by atoms with E-state index < -0.39 is 55.0 Å². The Bertz CT molecular complexity index is 835. The van der Waals surface area contributed by atoms with Gasteiger partial charge in [0.25, 0.3) is 5.69 Å². The van der Waals surface area contributed by atoms with E-state index in [0.29, 0.717) is 11.8 Å². The number of nitro groups is 1. The second-order valence-corrected chi connectivity index (χ2v) is 7.89. The predicted molar refractivity (Wildman–Crippen MR) is 78.4 cm³/mol. The van der Waals surface area contributed by atoms with Gasteiger partial charge < -0.3 is 4.98 Å². The molecule has 0 aliphatic heterocycles. The number of hydrogen-bond acceptors (Lipinski definition) is 4. The molecule has 0 amide bonds. The van der Waals surface area contributed by atoms with Crippen molar-refractivity contribution >= 4 is 28.5 Å². The van der Waals surface area contributed by atoms with Crippen molar-refractivity contribution in [3.8, 4) is 0 Å². The van der Waals surface area contributed by atoms with Crippen molar-refractivity contribution in [2.75, 3.05) is 0 Å². The summed E-state index contributed by atoms with van der Waals surface area (Å²) in [5.41, 5.74) is -3.96. The highest BCUT2D eigenvalue weighted by molar-refractivity contribution is 8.00. The van der Waals surface area contributed by atoms with Gasteiger partial charge in [-0.05, 0) is 0 Å². The first kappa shape index (κ1) is 19.3. The van der Waals surface area contributed by atoms with Crippen LogP contribution in [0.15, 0.2) is 11.0 Å². The summed E-state index contributed by atoms with van der Waals surface area (Å²) in [5, 5.41) is 11.0. The minimum atomic E-state index is -4.99. The number of hydrogen-bond donors (Lipinski definition) is 1. The first-order chi connectivity index (χ1) is 11.1. The molecule has 0 spiro atoms. The number of rotatable bonds is 2. The van der Waals surface area contributed by atoms with Crippen LogP contribution in [0.4, 0.5) is 32.0 Å². The minimum Gasteiger partial charge on any atom is -0.333 e. The number of H-pyrrole nitrogens is 1. The Balaban J connectivity index is 2.95. The number of aromatic nitrogens is 2. The van der Waals surface area contributed by atoms with Crippen LogP contribution in [0.25, 0.3) is 11.0 Å². The van der Waals surface area contributed by atoms with Gasteiger partial charge in [0.05, 0.1) is 16.0 Å². The van der Waals surface area contributed by atoms with Crippen molar-refractivity contribution in [2.45, 2.75) is 42.8 Å². The Morgan fingerprint density at radius 1 is 1.12 bits per heavy atom. The normalized spacial score (nSPS) is 13.5. The number of nitro benzene ring substituents is 1. The summed E-state index contributed by atoms with van der Waals surface area (Å²) in [6.07, 6.45) is -9.98. The molecule has 25 heavy (non-hydrogen) atoms. The van der Waals surface area contributed by atoms with Crippen LogP contribution < -0.4 is 0 Å². The lowest BCUT2D eigenvalue weighted by atomic mass is 10.1. The summed E-state index contributed by atoms with van der Waals surface area (Å²) in [6, 6.07) is 0.220. The van der Waals surface area contributed by atoms with Crippen molar-refractivity contribution < 1.29 is 31.3 Å². The number of nitrogens with one attached hydrogen (secondary N) is 1. The second kappa shape index (κ2) is 5.78. The van der Waals surface area contributed by atoms with Crippen LogP contribution in [-0.2, 0) is 12.4 Å². The van der Waals surface area contributed by atoms with Gasteiger partial charge in [-0.1, -0.05) is 20.8 Å². The van der Waals surface area contributed by atoms with E-state index in [1.807, 2.05) is 0 Å². The molecule has 138 valence electrons. The fourth-order valence-corrected chi connectivity index (χ4v) is 3.17. The summed E-state index contributed by atoms with van der Waals surface area (Å²) in [4.78, 5) is 14.2. The van der Waals surface area contributed by atoms with Crippen LogP contribution >= 0.6 is 11.8 Å². The number of aromatic amines is 1. The first-order valence-corrected chi connectivity index (χ1v) is 7.47. The molecule has 0 bridgehead atoms. The highest BCUT2D eigenvalue weighted by atomic mass is 32.2. The Kier molecular flexibility index (Phi) is 4.47. The number of non-ortho nitro benzene ring substituents is 1. The zero-order valence-corrected chi connectivity index (χ0v) is 13.8. The lowest BCUT2D eigenvalue weighted by Gasteiger charge is -2.21. The largest absolute Gasteiger partial charge is 0.449 e. The van der Waals surface area contributed by atoms with Crippen molar-refractivity contribution in [1.29, 1.82) is 0 Å². The zero-order valence-electron chi connectivity index (χ0n) is 13.0. The van der Waals surface area contributed by atoms with Gasteiger partial charge in [-0.25, -0.2) is 4.98 Å². The molecule has 0 unspecified atom stereocenters. The van der Waals surface area contributed by atoms with Crippen LogP contribution in [0.5, 0.6) is 0 Å². The number of benzene rings is 1. The van der Waals surface area contributed by atoms with Gasteiger partial charge in [-0.15, -0.1) is 11.8 Å². The van der Waals surface area contributed by atoms with E-state index in [4.69, 9.17) is 0 Å². The van der Waals surface area contributed by atoms with Crippen LogP contribution in [-0.4, -0.2) is 19.6 Å². The molecule has 0 aliphatic rings. The number of imidazole rings is 1. The van der Waals surface area contributed by atoms with E-state index >= 15 is 0 Å². The van der Waals surface area contributed by atoms with Crippen LogP contribution in [0.3, 0.4) is 0 Å². The van der Waals surface area contributed by atoms with E-state index in [9.17, 15) is 36.5 Å². The van der Waals surface area contributed by atoms with E-state index in [2.05, 4.69) is 4.98 Å². The van der Waals surface area contributed by atoms with Crippen molar-refractivity contribution in [1.82, 2.24) is 9.97 Å². The van der Waals surface area contributed by atoms with Crippen molar-refractivity contribution in [3.05, 3.63) is 27.6 Å². The maximum absolute atomic E-state index is 13.3. The Labute approximate surface area is 141 Å². The SMILES string of the molecule is CC(C)(C)Sc1c(C(F)(F)F)cc([N+](=O)[O-])c2nc(C(F)(F)F)[nH]c12. The lowest BCUT2D eigenvalue weighted by molar-refractivity contribution is -0.383. The third-order valence-electron chi connectivity index (χ3n) is 2.88. The maximum Gasteiger partial charge on any atom is 0.449 e. The average Bonchev–Trinajstić information content (AvgIpc) is 2.80. The van der Waals surface area contributed by atoms with Gasteiger partial charge in [-0.3, -0.25) is 10.1 Å². The highest BCUT2D eigenvalue weighted by Crippen LogP contribution is 2.47. The Hall–Kier alpha value is -1.98. The molecule has 0 atom stereocenters. The summed E-state index contributed by atoms with van der Waals surface area (Å²) >= 11 is 0.647. The molecule has 0 saturated heterocycles. The Morgan fingerprint density at radius 3 is 2.08 bits per heavy atom. The van der Waals surface area contributed by atoms with E-state index in [1.54, 1.807) is 25.8 Å². The second-order valence-electron chi connectivity index (χ2n) is 6.05. The molecule has 1 aromatic carbocycles. The molecule has 1 heterocycles. The number of nitrogens with zero attached hydrogens (tertiary/aromatic N) is 2. The lowest BCUT2D eigenvalue weighted by Crippen LogP contribution is -2.13. The summed E-state index contributed by atoms with van der Waals surface area (Å²) in [5.74, 6) is -1.60. The van der Waals surface area contributed by atoms with Gasteiger partial charge >= 0.3 is 12.4 Å². The highest BCUT2D eigenvalue weighted by Gasteiger charge is 2.41. The number of alkyl halides is 6. The fraction of sp³-hybridized carbons (Fsp3) is 0.462. The smallest absolute Gasteiger partial charge is 0.333 e. The topological polar surface area (TPSA) is 71.8 Å². The molecule has 0 fully saturated rings. The van der Waals surface area contributed by atoms with E-state index in [-0.39, 0.29) is 6.07 Å². The van der Waals surface area contributed by atoms with Crippen LogP contribution in [0.1, 0.15) is 32.2 Å². The standard InChI is InChI=1S/C13H11F6N3O2S/c1-11(2,3)25-9-5(12(14,15)16)4-6(22(23)24)7-8(9)21-10(20-7)13(17,18)19/h4H,1-3H3,(H,20,21). The molecular formula is C13H11F6N3O2S. The van der Waals surface area contributed by atoms with E-state index in [1.165, 1.54) is 0 Å². The Morgan fingerprint density at radius 2 is 1.68 bits per heavy atom. The van der Waals surface area contributed by atoms with E-state index in [0.717, 1.165) is 0 Å². The first-order valence-electron chi connectivity index (χ1n) is 6.66. The van der Waals surface area contributed by atoms with Crippen LogP contribution in [0, 0.1) is 10.1 Å². The third-order valence-corrected chi connectivity index (χ3v) is 4.12. The molecule has 0 aliphatic carbocycles. The number of fused-ring (bicyclic) bond motifs is 1.